The topological polar surface area (TPSA) is 29.3 Å². The molecule has 1 aliphatic heterocycles. The summed E-state index contributed by atoms with van der Waals surface area (Å²) in [5, 5.41) is 0. The fraction of sp³-hybridized carbons (Fsp3) is 1.00. The molecule has 13 heavy (non-hydrogen) atoms. The third-order valence-corrected chi connectivity index (χ3v) is 3.03. The van der Waals surface area contributed by atoms with Crippen LogP contribution in [0.25, 0.3) is 0 Å². The smallest absolute Gasteiger partial charge is 0.0144 e. The van der Waals surface area contributed by atoms with Crippen molar-refractivity contribution >= 4 is 0 Å². The molecule has 2 heteroatoms. The fourth-order valence-corrected chi connectivity index (χ4v) is 2.41. The van der Waals surface area contributed by atoms with Crippen molar-refractivity contribution in [2.75, 3.05) is 19.6 Å². The summed E-state index contributed by atoms with van der Waals surface area (Å²) >= 11 is 0. The molecule has 2 nitrogen and oxygen atoms in total. The van der Waals surface area contributed by atoms with Gasteiger partial charge >= 0.3 is 0 Å². The highest BCUT2D eigenvalue weighted by Crippen LogP contribution is 2.31. The minimum Gasteiger partial charge on any atom is -0.329 e. The summed E-state index contributed by atoms with van der Waals surface area (Å²) in [4.78, 5) is 2.57. The number of piperidine rings is 1. The van der Waals surface area contributed by atoms with Crippen LogP contribution in [0.2, 0.25) is 0 Å². The first-order chi connectivity index (χ1) is 6.05. The van der Waals surface area contributed by atoms with Crippen molar-refractivity contribution in [2.24, 2.45) is 11.1 Å². The third-order valence-electron chi connectivity index (χ3n) is 3.03. The average Bonchev–Trinajstić information content (AvgIpc) is 2.04. The zero-order chi connectivity index (χ0) is 9.90. The molecule has 0 radical (unpaired) electrons. The molecule has 0 aromatic heterocycles. The molecule has 0 spiro atoms. The standard InChI is InChI=1S/C11H24N2/c1-11(2,3)10-6-4-5-8-13(10)9-7-12/h10H,4-9,12H2,1-3H3. The third kappa shape index (κ3) is 2.96. The predicted octanol–water partition coefficient (Wildman–Crippen LogP) is 1.85. The molecule has 2 N–H and O–H groups in total. The van der Waals surface area contributed by atoms with Gasteiger partial charge in [-0.25, -0.2) is 0 Å². The second-order valence-corrected chi connectivity index (χ2v) is 5.20. The van der Waals surface area contributed by atoms with Crippen LogP contribution in [0.4, 0.5) is 0 Å². The molecule has 0 amide bonds. The van der Waals surface area contributed by atoms with Crippen LogP contribution in [0.15, 0.2) is 0 Å². The maximum absolute atomic E-state index is 5.62. The Morgan fingerprint density at radius 1 is 1.31 bits per heavy atom. The number of hydrogen-bond donors (Lipinski definition) is 1. The molecule has 1 saturated heterocycles. The Morgan fingerprint density at radius 3 is 2.54 bits per heavy atom. The van der Waals surface area contributed by atoms with Crippen LogP contribution < -0.4 is 5.73 Å². The van der Waals surface area contributed by atoms with Crippen LogP contribution in [0.3, 0.4) is 0 Å². The zero-order valence-corrected chi connectivity index (χ0v) is 9.34. The molecule has 1 heterocycles. The minimum absolute atomic E-state index is 0.412. The fourth-order valence-electron chi connectivity index (χ4n) is 2.41. The molecule has 1 fully saturated rings. The second-order valence-electron chi connectivity index (χ2n) is 5.20. The van der Waals surface area contributed by atoms with E-state index in [0.29, 0.717) is 5.41 Å². The molecule has 1 rings (SSSR count). The highest BCUT2D eigenvalue weighted by atomic mass is 15.2. The van der Waals surface area contributed by atoms with Crippen molar-refractivity contribution in [3.63, 3.8) is 0 Å². The summed E-state index contributed by atoms with van der Waals surface area (Å²) in [5.41, 5.74) is 6.04. The summed E-state index contributed by atoms with van der Waals surface area (Å²) in [6.07, 6.45) is 4.10. The molecule has 1 aliphatic rings. The molecular formula is C11H24N2. The van der Waals surface area contributed by atoms with Crippen LogP contribution in [-0.4, -0.2) is 30.6 Å². The van der Waals surface area contributed by atoms with Crippen molar-refractivity contribution < 1.29 is 0 Å². The lowest BCUT2D eigenvalue weighted by Gasteiger charge is -2.43. The van der Waals surface area contributed by atoms with Gasteiger partial charge in [0.25, 0.3) is 0 Å². The van der Waals surface area contributed by atoms with E-state index in [-0.39, 0.29) is 0 Å². The first-order valence-electron chi connectivity index (χ1n) is 5.50. The van der Waals surface area contributed by atoms with Crippen LogP contribution in [0.1, 0.15) is 40.0 Å². The van der Waals surface area contributed by atoms with E-state index < -0.39 is 0 Å². The van der Waals surface area contributed by atoms with Crippen LogP contribution in [0, 0.1) is 5.41 Å². The highest BCUT2D eigenvalue weighted by Gasteiger charge is 2.31. The van der Waals surface area contributed by atoms with E-state index in [1.165, 1.54) is 25.8 Å². The van der Waals surface area contributed by atoms with Crippen LogP contribution in [-0.2, 0) is 0 Å². The maximum Gasteiger partial charge on any atom is 0.0144 e. The van der Waals surface area contributed by atoms with Gasteiger partial charge in [-0.1, -0.05) is 27.2 Å². The Bertz CT molecular complexity index is 147. The van der Waals surface area contributed by atoms with Gasteiger partial charge in [0.1, 0.15) is 0 Å². The summed E-state index contributed by atoms with van der Waals surface area (Å²) < 4.78 is 0. The van der Waals surface area contributed by atoms with E-state index in [2.05, 4.69) is 25.7 Å². The van der Waals surface area contributed by atoms with Crippen molar-refractivity contribution in [3.8, 4) is 0 Å². The largest absolute Gasteiger partial charge is 0.329 e. The van der Waals surface area contributed by atoms with Gasteiger partial charge in [-0.15, -0.1) is 0 Å². The van der Waals surface area contributed by atoms with E-state index in [0.717, 1.165) is 19.1 Å². The summed E-state index contributed by atoms with van der Waals surface area (Å²) in [6, 6.07) is 0.741. The second kappa shape index (κ2) is 4.43. The van der Waals surface area contributed by atoms with Crippen molar-refractivity contribution in [1.82, 2.24) is 4.90 Å². The van der Waals surface area contributed by atoms with E-state index in [1.807, 2.05) is 0 Å². The molecule has 0 bridgehead atoms. The van der Waals surface area contributed by atoms with Gasteiger partial charge in [0.15, 0.2) is 0 Å². The van der Waals surface area contributed by atoms with E-state index in [1.54, 1.807) is 0 Å². The Labute approximate surface area is 82.5 Å². The maximum atomic E-state index is 5.62. The monoisotopic (exact) mass is 184 g/mol. The molecule has 1 unspecified atom stereocenters. The lowest BCUT2D eigenvalue weighted by Crippen LogP contribution is -2.48. The molecular weight excluding hydrogens is 160 g/mol. The normalized spacial score (nSPS) is 26.3. The van der Waals surface area contributed by atoms with Gasteiger partial charge in [-0.3, -0.25) is 4.90 Å². The molecule has 78 valence electrons. The van der Waals surface area contributed by atoms with Gasteiger partial charge in [-0.2, -0.15) is 0 Å². The van der Waals surface area contributed by atoms with Gasteiger partial charge in [0, 0.05) is 19.1 Å². The lowest BCUT2D eigenvalue weighted by molar-refractivity contribution is 0.0668. The predicted molar refractivity (Wildman–Crippen MR) is 57.7 cm³/mol. The Kier molecular flexibility index (Phi) is 3.74. The number of hydrogen-bond acceptors (Lipinski definition) is 2. The van der Waals surface area contributed by atoms with Gasteiger partial charge in [0.05, 0.1) is 0 Å². The summed E-state index contributed by atoms with van der Waals surface area (Å²) in [7, 11) is 0. The zero-order valence-electron chi connectivity index (χ0n) is 9.34. The number of nitrogens with zero attached hydrogens (tertiary/aromatic N) is 1. The van der Waals surface area contributed by atoms with Gasteiger partial charge in [-0.05, 0) is 24.8 Å². The summed E-state index contributed by atoms with van der Waals surface area (Å²) in [6.45, 7) is 10.1. The van der Waals surface area contributed by atoms with Crippen molar-refractivity contribution in [1.29, 1.82) is 0 Å². The average molecular weight is 184 g/mol. The van der Waals surface area contributed by atoms with E-state index in [9.17, 15) is 0 Å². The molecule has 0 saturated carbocycles. The number of rotatable bonds is 2. The van der Waals surface area contributed by atoms with E-state index >= 15 is 0 Å². The van der Waals surface area contributed by atoms with Crippen molar-refractivity contribution in [3.05, 3.63) is 0 Å². The summed E-state index contributed by atoms with van der Waals surface area (Å²) in [5.74, 6) is 0. The Hall–Kier alpha value is -0.0800. The first kappa shape index (κ1) is 11.0. The highest BCUT2D eigenvalue weighted by molar-refractivity contribution is 4.86. The molecule has 1 atom stereocenters. The minimum atomic E-state index is 0.412. The SMILES string of the molecule is CC(C)(C)C1CCCCN1CCN. The Balaban J connectivity index is 2.56. The van der Waals surface area contributed by atoms with Crippen LogP contribution >= 0.6 is 0 Å². The van der Waals surface area contributed by atoms with Crippen molar-refractivity contribution in [2.45, 2.75) is 46.1 Å². The number of nitrogens with two attached hydrogens (primary N) is 1. The first-order valence-corrected chi connectivity index (χ1v) is 5.50. The molecule has 0 aromatic rings. The van der Waals surface area contributed by atoms with Gasteiger partial charge < -0.3 is 5.73 Å². The van der Waals surface area contributed by atoms with Gasteiger partial charge in [0.2, 0.25) is 0 Å². The quantitative estimate of drug-likeness (QED) is 0.709. The lowest BCUT2D eigenvalue weighted by atomic mass is 9.80. The van der Waals surface area contributed by atoms with Crippen LogP contribution in [0.5, 0.6) is 0 Å². The number of likely N-dealkylation sites (tertiary alicyclic amines) is 1. The Morgan fingerprint density at radius 2 is 2.00 bits per heavy atom. The molecule has 0 aliphatic carbocycles. The van der Waals surface area contributed by atoms with E-state index in [4.69, 9.17) is 5.73 Å². The molecule has 0 aromatic carbocycles.